The minimum atomic E-state index is -0.509. The average Bonchev–Trinajstić information content (AvgIpc) is 3.37. The number of hydrogen-bond acceptors (Lipinski definition) is 5. The number of carbonyl (C=O) groups excluding carboxylic acids is 1. The number of aromatic nitrogens is 4. The highest BCUT2D eigenvalue weighted by Gasteiger charge is 2.16. The molecule has 1 aromatic heterocycles. The van der Waals surface area contributed by atoms with Crippen LogP contribution in [0.2, 0.25) is 0 Å². The summed E-state index contributed by atoms with van der Waals surface area (Å²) in [4.78, 5) is 31.4. The van der Waals surface area contributed by atoms with E-state index in [9.17, 15) is 14.0 Å². The Balaban J connectivity index is 1.58. The second kappa shape index (κ2) is 9.10. The number of likely N-dealkylation sites (tertiary alicyclic amines) is 1. The van der Waals surface area contributed by atoms with Crippen molar-refractivity contribution < 1.29 is 9.18 Å². The van der Waals surface area contributed by atoms with Crippen LogP contribution >= 0.6 is 11.3 Å². The van der Waals surface area contributed by atoms with Crippen LogP contribution in [0.4, 0.5) is 4.39 Å². The summed E-state index contributed by atoms with van der Waals surface area (Å²) in [6, 6.07) is 8.12. The van der Waals surface area contributed by atoms with E-state index < -0.39 is 5.56 Å². The smallest absolute Gasteiger partial charge is 0.283 e. The SMILES string of the molecule is Cc1cc(/C=c2/c(=O)nc3s/c(=C/C(=O)N4CCCCC4)[nH]n-3c2=N)c(C)n1-c1ccc(F)cc1. The molecule has 0 radical (unpaired) electrons. The Labute approximate surface area is 204 Å². The normalized spacial score (nSPS) is 15.3. The van der Waals surface area contributed by atoms with Gasteiger partial charge in [0.05, 0.1) is 5.22 Å². The van der Waals surface area contributed by atoms with Crippen molar-refractivity contribution in [1.29, 1.82) is 5.41 Å². The van der Waals surface area contributed by atoms with Gasteiger partial charge in [-0.15, -0.1) is 0 Å². The third-order valence-corrected chi connectivity index (χ3v) is 7.18. The Morgan fingerprint density at radius 2 is 1.89 bits per heavy atom. The van der Waals surface area contributed by atoms with Gasteiger partial charge in [-0.3, -0.25) is 20.1 Å². The number of carbonyl (C=O) groups is 1. The molecule has 0 unspecified atom stereocenters. The molecule has 35 heavy (non-hydrogen) atoms. The predicted octanol–water partition coefficient (Wildman–Crippen LogP) is 1.71. The summed E-state index contributed by atoms with van der Waals surface area (Å²) >= 11 is 1.17. The lowest BCUT2D eigenvalue weighted by Crippen LogP contribution is -2.47. The van der Waals surface area contributed by atoms with Crippen LogP contribution in [0.25, 0.3) is 23.0 Å². The van der Waals surface area contributed by atoms with Crippen molar-refractivity contribution in [2.24, 2.45) is 0 Å². The molecule has 3 aliphatic heterocycles. The first kappa shape index (κ1) is 23.0. The Bertz CT molecular complexity index is 1620. The van der Waals surface area contributed by atoms with E-state index in [4.69, 9.17) is 5.41 Å². The Kier molecular flexibility index (Phi) is 5.98. The number of H-pyrrole nitrogens is 1. The fourth-order valence-electron chi connectivity index (χ4n) is 4.50. The first-order chi connectivity index (χ1) is 16.8. The van der Waals surface area contributed by atoms with Gasteiger partial charge in [-0.2, -0.15) is 4.98 Å². The number of aromatic amines is 1. The molecule has 0 spiro atoms. The molecule has 2 N–H and O–H groups in total. The number of piperidine rings is 1. The largest absolute Gasteiger partial charge is 0.339 e. The van der Waals surface area contributed by atoms with E-state index in [1.807, 2.05) is 29.4 Å². The van der Waals surface area contributed by atoms with E-state index in [-0.39, 0.29) is 22.4 Å². The molecular weight excluding hydrogens is 467 g/mol. The van der Waals surface area contributed by atoms with Gasteiger partial charge in [0.25, 0.3) is 5.56 Å². The zero-order valence-corrected chi connectivity index (χ0v) is 20.3. The van der Waals surface area contributed by atoms with E-state index in [2.05, 4.69) is 10.1 Å². The number of aryl methyl sites for hydroxylation is 1. The molecule has 8 nitrogen and oxygen atoms in total. The number of rotatable bonds is 3. The van der Waals surface area contributed by atoms with Gasteiger partial charge in [0.1, 0.15) is 10.5 Å². The van der Waals surface area contributed by atoms with Crippen LogP contribution in [-0.2, 0) is 4.79 Å². The van der Waals surface area contributed by atoms with Crippen molar-refractivity contribution in [3.63, 3.8) is 0 Å². The molecule has 3 aliphatic rings. The summed E-state index contributed by atoms with van der Waals surface area (Å²) < 4.78 is 17.3. The zero-order chi connectivity index (χ0) is 24.7. The first-order valence-electron chi connectivity index (χ1n) is 11.5. The minimum Gasteiger partial charge on any atom is -0.339 e. The second-order valence-electron chi connectivity index (χ2n) is 8.69. The van der Waals surface area contributed by atoms with Gasteiger partial charge >= 0.3 is 0 Å². The lowest BCUT2D eigenvalue weighted by molar-refractivity contribution is -0.125. The highest BCUT2D eigenvalue weighted by molar-refractivity contribution is 7.11. The molecule has 180 valence electrons. The molecule has 0 atom stereocenters. The van der Waals surface area contributed by atoms with Crippen molar-refractivity contribution in [2.75, 3.05) is 13.1 Å². The number of nitrogens with one attached hydrogen (secondary N) is 2. The number of amides is 1. The average molecular weight is 493 g/mol. The second-order valence-corrected chi connectivity index (χ2v) is 9.70. The lowest BCUT2D eigenvalue weighted by atomic mass is 10.1. The molecule has 2 aromatic rings. The quantitative estimate of drug-likeness (QED) is 0.455. The van der Waals surface area contributed by atoms with Gasteiger partial charge < -0.3 is 9.47 Å². The molecule has 10 heteroatoms. The standard InChI is InChI=1S/C25H25FN6O2S/c1-15-12-17(16(2)31(15)19-8-6-18(26)7-9-19)13-20-23(27)32-25(28-24(20)34)35-21(29-32)14-22(33)30-10-4-3-5-11-30/h6-9,12-14,27,29H,3-5,10-11H2,1-2H3/b20-13+,21-14+,27-23?. The van der Waals surface area contributed by atoms with Crippen molar-refractivity contribution in [2.45, 2.75) is 33.1 Å². The number of nitrogens with zero attached hydrogens (tertiary/aromatic N) is 4. The van der Waals surface area contributed by atoms with E-state index in [0.717, 1.165) is 55.0 Å². The van der Waals surface area contributed by atoms with Gasteiger partial charge in [-0.05, 0) is 75.1 Å². The maximum atomic E-state index is 13.4. The van der Waals surface area contributed by atoms with Crippen LogP contribution in [0.3, 0.4) is 0 Å². The predicted molar refractivity (Wildman–Crippen MR) is 132 cm³/mol. The van der Waals surface area contributed by atoms with Crippen LogP contribution in [0.1, 0.15) is 36.2 Å². The van der Waals surface area contributed by atoms with Crippen LogP contribution in [-0.4, -0.2) is 43.2 Å². The van der Waals surface area contributed by atoms with Gasteiger partial charge in [-0.25, -0.2) is 9.07 Å². The van der Waals surface area contributed by atoms with E-state index in [0.29, 0.717) is 9.79 Å². The van der Waals surface area contributed by atoms with Crippen molar-refractivity contribution in [1.82, 2.24) is 24.2 Å². The molecule has 4 heterocycles. The van der Waals surface area contributed by atoms with Crippen LogP contribution in [0.15, 0.2) is 35.1 Å². The number of hydrogen-bond donors (Lipinski definition) is 2. The molecule has 0 aliphatic carbocycles. The molecule has 0 bridgehead atoms. The Morgan fingerprint density at radius 3 is 2.60 bits per heavy atom. The van der Waals surface area contributed by atoms with E-state index in [1.54, 1.807) is 18.2 Å². The highest BCUT2D eigenvalue weighted by Crippen LogP contribution is 2.21. The Morgan fingerprint density at radius 1 is 1.17 bits per heavy atom. The highest BCUT2D eigenvalue weighted by atomic mass is 32.1. The minimum absolute atomic E-state index is 0.0343. The van der Waals surface area contributed by atoms with E-state index >= 15 is 0 Å². The van der Waals surface area contributed by atoms with Crippen molar-refractivity contribution in [3.05, 3.63) is 78.8 Å². The van der Waals surface area contributed by atoms with Crippen molar-refractivity contribution >= 4 is 29.4 Å². The molecule has 1 fully saturated rings. The topological polar surface area (TPSA) is 99.8 Å². The van der Waals surface area contributed by atoms with Gasteiger partial charge in [0.2, 0.25) is 11.0 Å². The molecule has 0 saturated carbocycles. The van der Waals surface area contributed by atoms with Crippen LogP contribution in [0, 0.1) is 25.1 Å². The van der Waals surface area contributed by atoms with E-state index in [1.165, 1.54) is 34.2 Å². The molecule has 1 aromatic carbocycles. The number of benzene rings is 1. The number of fused-ring (bicyclic) bond motifs is 1. The summed E-state index contributed by atoms with van der Waals surface area (Å²) in [7, 11) is 0. The molecule has 5 rings (SSSR count). The molecular formula is C25H25FN6O2S. The Hall–Kier alpha value is -3.79. The lowest BCUT2D eigenvalue weighted by Gasteiger charge is -2.25. The molecule has 1 amide bonds. The van der Waals surface area contributed by atoms with Crippen molar-refractivity contribution in [3.8, 4) is 10.8 Å². The third kappa shape index (κ3) is 4.37. The summed E-state index contributed by atoms with van der Waals surface area (Å²) in [6.45, 7) is 5.33. The first-order valence-corrected chi connectivity index (χ1v) is 12.3. The monoisotopic (exact) mass is 492 g/mol. The summed E-state index contributed by atoms with van der Waals surface area (Å²) in [6.07, 6.45) is 6.31. The van der Waals surface area contributed by atoms with Crippen LogP contribution in [0.5, 0.6) is 0 Å². The maximum Gasteiger partial charge on any atom is 0.283 e. The summed E-state index contributed by atoms with van der Waals surface area (Å²) in [5.41, 5.74) is 2.80. The molecule has 1 saturated heterocycles. The van der Waals surface area contributed by atoms with Gasteiger partial charge in [0.15, 0.2) is 5.49 Å². The zero-order valence-electron chi connectivity index (χ0n) is 19.5. The fraction of sp³-hybridized carbons (Fsp3) is 0.280. The summed E-state index contributed by atoms with van der Waals surface area (Å²) in [5, 5.41) is 12.2. The fourth-order valence-corrected chi connectivity index (χ4v) is 5.35. The number of halogens is 1. The van der Waals surface area contributed by atoms with Gasteiger partial charge in [0, 0.05) is 36.2 Å². The van der Waals surface area contributed by atoms with Gasteiger partial charge in [-0.1, -0.05) is 11.3 Å². The summed E-state index contributed by atoms with van der Waals surface area (Å²) in [5.74, 6) is -0.391. The maximum absolute atomic E-state index is 13.4. The third-order valence-electron chi connectivity index (χ3n) is 6.30. The van der Waals surface area contributed by atoms with Crippen LogP contribution < -0.4 is 20.9 Å².